The van der Waals surface area contributed by atoms with Crippen molar-refractivity contribution in [2.75, 3.05) is 0 Å². The van der Waals surface area contributed by atoms with Crippen LogP contribution in [0, 0.1) is 17.3 Å². The van der Waals surface area contributed by atoms with Crippen LogP contribution in [0.3, 0.4) is 0 Å². The average molecular weight is 231 g/mol. The Morgan fingerprint density at radius 1 is 1.42 bits per heavy atom. The summed E-state index contributed by atoms with van der Waals surface area (Å²) in [6.07, 6.45) is 2.20. The normalized spacial score (nSPS) is 31.1. The zero-order valence-electron chi connectivity index (χ0n) is 8.02. The summed E-state index contributed by atoms with van der Waals surface area (Å²) in [4.78, 5) is 11.1. The number of carbonyl (C=O) groups is 1. The minimum Gasteiger partial charge on any atom is -0.286 e. The highest BCUT2D eigenvalue weighted by Gasteiger charge is 2.59. The van der Waals surface area contributed by atoms with Gasteiger partial charge in [-0.25, -0.2) is 0 Å². The first-order valence-electron chi connectivity index (χ1n) is 4.21. The van der Waals surface area contributed by atoms with Gasteiger partial charge in [0, 0.05) is 5.92 Å². The lowest BCUT2D eigenvalue weighted by atomic mass is 10.1. The van der Waals surface area contributed by atoms with Gasteiger partial charge in [0.05, 0.1) is 0 Å². The standard InChI is InChI=1S/C10H15BrO/c1-6(2)5-7-8(9(11)12)10(7,3)4/h5,7-8H,1-4H3. The molecule has 12 heavy (non-hydrogen) atoms. The smallest absolute Gasteiger partial charge is 0.202 e. The lowest BCUT2D eigenvalue weighted by Gasteiger charge is -1.96. The fourth-order valence-corrected chi connectivity index (χ4v) is 2.66. The lowest BCUT2D eigenvalue weighted by molar-refractivity contribution is -0.112. The van der Waals surface area contributed by atoms with Crippen LogP contribution in [0.2, 0.25) is 0 Å². The fourth-order valence-electron chi connectivity index (χ4n) is 1.78. The molecule has 0 radical (unpaired) electrons. The number of allylic oxidation sites excluding steroid dienone is 2. The van der Waals surface area contributed by atoms with Crippen molar-refractivity contribution in [1.29, 1.82) is 0 Å². The highest BCUT2D eigenvalue weighted by Crippen LogP contribution is 2.60. The van der Waals surface area contributed by atoms with E-state index >= 15 is 0 Å². The summed E-state index contributed by atoms with van der Waals surface area (Å²) in [6.45, 7) is 8.43. The van der Waals surface area contributed by atoms with E-state index in [1.165, 1.54) is 5.57 Å². The van der Waals surface area contributed by atoms with Crippen molar-refractivity contribution < 1.29 is 4.79 Å². The van der Waals surface area contributed by atoms with Gasteiger partial charge < -0.3 is 0 Å². The van der Waals surface area contributed by atoms with Gasteiger partial charge in [0.1, 0.15) is 0 Å². The van der Waals surface area contributed by atoms with E-state index in [2.05, 4.69) is 49.7 Å². The Hall–Kier alpha value is -0.110. The van der Waals surface area contributed by atoms with Gasteiger partial charge in [0.2, 0.25) is 4.69 Å². The lowest BCUT2D eigenvalue weighted by Crippen LogP contribution is -1.95. The first kappa shape index (κ1) is 9.97. The van der Waals surface area contributed by atoms with Crippen LogP contribution in [0.25, 0.3) is 0 Å². The zero-order chi connectivity index (χ0) is 9.52. The molecule has 0 bridgehead atoms. The van der Waals surface area contributed by atoms with Crippen molar-refractivity contribution in [1.82, 2.24) is 0 Å². The summed E-state index contributed by atoms with van der Waals surface area (Å²) < 4.78 is 0.148. The summed E-state index contributed by atoms with van der Waals surface area (Å²) in [5, 5.41) is 0. The molecule has 0 aromatic carbocycles. The van der Waals surface area contributed by atoms with Gasteiger partial charge in [-0.3, -0.25) is 4.79 Å². The Kier molecular flexibility index (Phi) is 2.48. The summed E-state index contributed by atoms with van der Waals surface area (Å²) in [5.41, 5.74) is 1.46. The number of halogens is 1. The van der Waals surface area contributed by atoms with Crippen LogP contribution < -0.4 is 0 Å². The summed E-state index contributed by atoms with van der Waals surface area (Å²) in [6, 6.07) is 0. The van der Waals surface area contributed by atoms with Gasteiger partial charge in [-0.15, -0.1) is 0 Å². The molecular formula is C10H15BrO. The Morgan fingerprint density at radius 2 is 1.92 bits per heavy atom. The van der Waals surface area contributed by atoms with Gasteiger partial charge in [-0.2, -0.15) is 0 Å². The molecule has 0 amide bonds. The number of hydrogen-bond donors (Lipinski definition) is 0. The second kappa shape index (κ2) is 2.99. The molecule has 0 aromatic heterocycles. The molecule has 68 valence electrons. The Labute approximate surface area is 82.4 Å². The SMILES string of the molecule is CC(C)=CC1C(C(=O)Br)C1(C)C. The van der Waals surface area contributed by atoms with Crippen LogP contribution in [0.5, 0.6) is 0 Å². The molecule has 1 fully saturated rings. The van der Waals surface area contributed by atoms with Gasteiger partial charge in [0.25, 0.3) is 0 Å². The summed E-state index contributed by atoms with van der Waals surface area (Å²) in [7, 11) is 0. The molecule has 2 unspecified atom stereocenters. The quantitative estimate of drug-likeness (QED) is 0.527. The maximum atomic E-state index is 11.1. The van der Waals surface area contributed by atoms with Crippen LogP contribution in [-0.4, -0.2) is 4.69 Å². The Balaban J connectivity index is 2.73. The molecule has 0 aliphatic heterocycles. The van der Waals surface area contributed by atoms with E-state index in [0.29, 0.717) is 5.92 Å². The van der Waals surface area contributed by atoms with Crippen molar-refractivity contribution in [3.8, 4) is 0 Å². The van der Waals surface area contributed by atoms with E-state index < -0.39 is 0 Å². The molecule has 1 aliphatic rings. The van der Waals surface area contributed by atoms with E-state index in [9.17, 15) is 4.79 Å². The van der Waals surface area contributed by atoms with Crippen molar-refractivity contribution >= 4 is 20.6 Å². The van der Waals surface area contributed by atoms with E-state index in [0.717, 1.165) is 0 Å². The van der Waals surface area contributed by atoms with E-state index in [-0.39, 0.29) is 16.0 Å². The monoisotopic (exact) mass is 230 g/mol. The highest BCUT2D eigenvalue weighted by atomic mass is 79.9. The van der Waals surface area contributed by atoms with Crippen LogP contribution in [-0.2, 0) is 4.79 Å². The first-order valence-corrected chi connectivity index (χ1v) is 5.01. The summed E-state index contributed by atoms with van der Waals surface area (Å²) >= 11 is 3.04. The molecule has 0 heterocycles. The minimum absolute atomic E-state index is 0.148. The number of carbonyl (C=O) groups excluding carboxylic acids is 1. The molecular weight excluding hydrogens is 216 g/mol. The molecule has 2 atom stereocenters. The third-order valence-electron chi connectivity index (χ3n) is 2.67. The first-order chi connectivity index (χ1) is 5.37. The third-order valence-corrected chi connectivity index (χ3v) is 3.16. The van der Waals surface area contributed by atoms with E-state index in [4.69, 9.17) is 0 Å². The highest BCUT2D eigenvalue weighted by molar-refractivity contribution is 9.18. The minimum atomic E-state index is 0.148. The molecule has 1 nitrogen and oxygen atoms in total. The van der Waals surface area contributed by atoms with Crippen molar-refractivity contribution in [2.24, 2.45) is 17.3 Å². The van der Waals surface area contributed by atoms with Crippen LogP contribution in [0.4, 0.5) is 0 Å². The van der Waals surface area contributed by atoms with E-state index in [1.807, 2.05) is 0 Å². The van der Waals surface area contributed by atoms with Crippen molar-refractivity contribution in [3.05, 3.63) is 11.6 Å². The molecule has 0 aromatic rings. The molecule has 0 spiro atoms. The van der Waals surface area contributed by atoms with Crippen LogP contribution in [0.1, 0.15) is 27.7 Å². The molecule has 2 heteroatoms. The molecule has 1 aliphatic carbocycles. The predicted molar refractivity (Wildman–Crippen MR) is 54.1 cm³/mol. The zero-order valence-corrected chi connectivity index (χ0v) is 9.60. The predicted octanol–water partition coefficient (Wildman–Crippen LogP) is 3.15. The van der Waals surface area contributed by atoms with Gasteiger partial charge in [-0.05, 0) is 41.1 Å². The largest absolute Gasteiger partial charge is 0.286 e. The average Bonchev–Trinajstić information content (AvgIpc) is 2.32. The summed E-state index contributed by atoms with van der Waals surface area (Å²) in [5.74, 6) is 0.627. The molecule has 0 saturated heterocycles. The number of hydrogen-bond acceptors (Lipinski definition) is 1. The maximum Gasteiger partial charge on any atom is 0.202 e. The van der Waals surface area contributed by atoms with Gasteiger partial charge >= 0.3 is 0 Å². The molecule has 0 N–H and O–H groups in total. The second-order valence-corrected chi connectivity index (χ2v) is 5.15. The molecule has 1 rings (SSSR count). The van der Waals surface area contributed by atoms with Crippen molar-refractivity contribution in [2.45, 2.75) is 27.7 Å². The Morgan fingerprint density at radius 3 is 2.17 bits per heavy atom. The van der Waals surface area contributed by atoms with Gasteiger partial charge in [-0.1, -0.05) is 25.5 Å². The van der Waals surface area contributed by atoms with Crippen LogP contribution >= 0.6 is 15.9 Å². The van der Waals surface area contributed by atoms with Gasteiger partial charge in [0.15, 0.2) is 0 Å². The second-order valence-electron chi connectivity index (χ2n) is 4.37. The number of rotatable bonds is 2. The van der Waals surface area contributed by atoms with Crippen molar-refractivity contribution in [3.63, 3.8) is 0 Å². The fraction of sp³-hybridized carbons (Fsp3) is 0.700. The topological polar surface area (TPSA) is 17.1 Å². The van der Waals surface area contributed by atoms with Crippen LogP contribution in [0.15, 0.2) is 11.6 Å². The Bertz CT molecular complexity index is 236. The van der Waals surface area contributed by atoms with E-state index in [1.54, 1.807) is 0 Å². The maximum absolute atomic E-state index is 11.1. The third kappa shape index (κ3) is 1.63. The molecule has 1 saturated carbocycles.